The number of rotatable bonds is 4. The maximum absolute atomic E-state index is 9.80. The molecular weight excluding hydrogens is 204 g/mol. The van der Waals surface area contributed by atoms with Gasteiger partial charge in [0.05, 0.1) is 6.61 Å². The van der Waals surface area contributed by atoms with Crippen molar-refractivity contribution in [3.8, 4) is 0 Å². The summed E-state index contributed by atoms with van der Waals surface area (Å²) in [5, 5.41) is 19.5. The van der Waals surface area contributed by atoms with E-state index in [1.54, 1.807) is 0 Å². The molecule has 1 rings (SSSR count). The van der Waals surface area contributed by atoms with Gasteiger partial charge in [0.25, 0.3) is 0 Å². The van der Waals surface area contributed by atoms with Gasteiger partial charge in [0.15, 0.2) is 6.29 Å². The van der Waals surface area contributed by atoms with E-state index >= 15 is 0 Å². The molecule has 1 fully saturated rings. The van der Waals surface area contributed by atoms with Gasteiger partial charge in [0.2, 0.25) is 0 Å². The summed E-state index contributed by atoms with van der Waals surface area (Å²) in [5.74, 6) is 0. The third kappa shape index (κ3) is 2.66. The van der Waals surface area contributed by atoms with Crippen molar-refractivity contribution in [2.75, 3.05) is 27.9 Å². The molecule has 6 heteroatoms. The number of hydrogen-bond donors (Lipinski definition) is 2. The second kappa shape index (κ2) is 5.74. The second-order valence-corrected chi connectivity index (χ2v) is 3.42. The topological polar surface area (TPSA) is 77.4 Å². The molecule has 0 saturated carbocycles. The minimum Gasteiger partial charge on any atom is -0.387 e. The van der Waals surface area contributed by atoms with Crippen molar-refractivity contribution < 1.29 is 29.2 Å². The van der Waals surface area contributed by atoms with Crippen molar-refractivity contribution in [1.29, 1.82) is 0 Å². The maximum Gasteiger partial charge on any atom is 0.186 e. The molecule has 15 heavy (non-hydrogen) atoms. The molecule has 0 spiro atoms. The molecule has 2 N–H and O–H groups in total. The van der Waals surface area contributed by atoms with E-state index in [0.29, 0.717) is 0 Å². The lowest BCUT2D eigenvalue weighted by Gasteiger charge is -2.41. The highest BCUT2D eigenvalue weighted by molar-refractivity contribution is 4.90. The second-order valence-electron chi connectivity index (χ2n) is 3.42. The van der Waals surface area contributed by atoms with Gasteiger partial charge in [-0.25, -0.2) is 0 Å². The molecule has 0 aromatic rings. The Balaban J connectivity index is 2.70. The Labute approximate surface area is 88.7 Å². The molecule has 1 aliphatic heterocycles. The van der Waals surface area contributed by atoms with Crippen molar-refractivity contribution in [2.24, 2.45) is 0 Å². The Bertz CT molecular complexity index is 187. The molecule has 0 aromatic heterocycles. The maximum atomic E-state index is 9.80. The molecule has 1 saturated heterocycles. The third-order valence-corrected chi connectivity index (χ3v) is 2.48. The van der Waals surface area contributed by atoms with Crippen LogP contribution < -0.4 is 0 Å². The zero-order valence-corrected chi connectivity index (χ0v) is 9.12. The molecule has 6 nitrogen and oxygen atoms in total. The van der Waals surface area contributed by atoms with Crippen LogP contribution in [0.15, 0.2) is 0 Å². The lowest BCUT2D eigenvalue weighted by atomic mass is 9.99. The SMILES string of the molecule is COC[C@H]1O[C@H](OC)[C@@H](O)[C@@H](OC)[C@@H]1O. The largest absolute Gasteiger partial charge is 0.387 e. The zero-order chi connectivity index (χ0) is 11.4. The summed E-state index contributed by atoms with van der Waals surface area (Å²) in [5.41, 5.74) is 0. The summed E-state index contributed by atoms with van der Waals surface area (Å²) in [6.07, 6.45) is -4.05. The molecule has 0 bridgehead atoms. The first-order chi connectivity index (χ1) is 7.15. The summed E-state index contributed by atoms with van der Waals surface area (Å²) < 4.78 is 20.2. The zero-order valence-electron chi connectivity index (χ0n) is 9.12. The average molecular weight is 222 g/mol. The fourth-order valence-corrected chi connectivity index (χ4v) is 1.68. The summed E-state index contributed by atoms with van der Waals surface area (Å²) in [6.45, 7) is 0.216. The van der Waals surface area contributed by atoms with Crippen LogP contribution in [0, 0.1) is 0 Å². The van der Waals surface area contributed by atoms with Crippen LogP contribution in [0.5, 0.6) is 0 Å². The molecule has 1 heterocycles. The van der Waals surface area contributed by atoms with E-state index in [2.05, 4.69) is 0 Å². The van der Waals surface area contributed by atoms with Gasteiger partial charge in [-0.1, -0.05) is 0 Å². The van der Waals surface area contributed by atoms with Crippen LogP contribution in [0.1, 0.15) is 0 Å². The Morgan fingerprint density at radius 3 is 2.20 bits per heavy atom. The van der Waals surface area contributed by atoms with Crippen molar-refractivity contribution in [1.82, 2.24) is 0 Å². The minimum atomic E-state index is -1.01. The van der Waals surface area contributed by atoms with Gasteiger partial charge in [0.1, 0.15) is 24.4 Å². The first kappa shape index (κ1) is 12.8. The number of methoxy groups -OCH3 is 3. The molecule has 0 aromatic carbocycles. The first-order valence-corrected chi connectivity index (χ1v) is 4.71. The first-order valence-electron chi connectivity index (χ1n) is 4.71. The molecular formula is C9H18O6. The van der Waals surface area contributed by atoms with E-state index in [9.17, 15) is 10.2 Å². The molecule has 90 valence electrons. The van der Waals surface area contributed by atoms with Gasteiger partial charge in [-0.15, -0.1) is 0 Å². The van der Waals surface area contributed by atoms with Crippen molar-refractivity contribution >= 4 is 0 Å². The molecule has 0 aliphatic carbocycles. The molecule has 0 unspecified atom stereocenters. The van der Waals surface area contributed by atoms with Crippen LogP contribution in [0.4, 0.5) is 0 Å². The number of aliphatic hydroxyl groups is 2. The van der Waals surface area contributed by atoms with Gasteiger partial charge in [0, 0.05) is 21.3 Å². The molecule has 0 amide bonds. The lowest BCUT2D eigenvalue weighted by molar-refractivity contribution is -0.299. The van der Waals surface area contributed by atoms with Crippen molar-refractivity contribution in [2.45, 2.75) is 30.7 Å². The van der Waals surface area contributed by atoms with Gasteiger partial charge in [-0.3, -0.25) is 0 Å². The predicted molar refractivity (Wildman–Crippen MR) is 50.4 cm³/mol. The summed E-state index contributed by atoms with van der Waals surface area (Å²) in [6, 6.07) is 0. The van der Waals surface area contributed by atoms with E-state index in [4.69, 9.17) is 18.9 Å². The van der Waals surface area contributed by atoms with Gasteiger partial charge >= 0.3 is 0 Å². The van der Waals surface area contributed by atoms with Crippen LogP contribution in [0.2, 0.25) is 0 Å². The fourth-order valence-electron chi connectivity index (χ4n) is 1.68. The highest BCUT2D eigenvalue weighted by Gasteiger charge is 2.44. The summed E-state index contributed by atoms with van der Waals surface area (Å²) in [7, 11) is 4.34. The molecule has 1 aliphatic rings. The van der Waals surface area contributed by atoms with E-state index in [1.165, 1.54) is 21.3 Å². The van der Waals surface area contributed by atoms with E-state index < -0.39 is 30.7 Å². The van der Waals surface area contributed by atoms with Crippen LogP contribution >= 0.6 is 0 Å². The Morgan fingerprint density at radius 1 is 1.07 bits per heavy atom. The predicted octanol–water partition coefficient (Wildman–Crippen LogP) is -1.26. The average Bonchev–Trinajstić information content (AvgIpc) is 2.23. The fraction of sp³-hybridized carbons (Fsp3) is 1.00. The standard InChI is InChI=1S/C9H18O6/c1-12-4-5-6(10)8(13-2)7(11)9(14-3)15-5/h5-11H,4H2,1-3H3/t5-,6-,7+,8+,9+/m1/s1. The summed E-state index contributed by atoms with van der Waals surface area (Å²) >= 11 is 0. The number of ether oxygens (including phenoxy) is 4. The highest BCUT2D eigenvalue weighted by atomic mass is 16.7. The third-order valence-electron chi connectivity index (χ3n) is 2.48. The summed E-state index contributed by atoms with van der Waals surface area (Å²) in [4.78, 5) is 0. The number of aliphatic hydroxyl groups excluding tert-OH is 2. The van der Waals surface area contributed by atoms with Crippen LogP contribution in [-0.4, -0.2) is 68.9 Å². The van der Waals surface area contributed by atoms with Gasteiger partial charge in [-0.05, 0) is 0 Å². The number of hydrogen-bond acceptors (Lipinski definition) is 6. The highest BCUT2D eigenvalue weighted by Crippen LogP contribution is 2.23. The van der Waals surface area contributed by atoms with Crippen LogP contribution in [0.3, 0.4) is 0 Å². The van der Waals surface area contributed by atoms with Crippen molar-refractivity contribution in [3.05, 3.63) is 0 Å². The lowest BCUT2D eigenvalue weighted by Crippen LogP contribution is -2.59. The molecule has 5 atom stereocenters. The monoisotopic (exact) mass is 222 g/mol. The van der Waals surface area contributed by atoms with E-state index in [0.717, 1.165) is 0 Å². The quantitative estimate of drug-likeness (QED) is 0.618. The Morgan fingerprint density at radius 2 is 1.73 bits per heavy atom. The van der Waals surface area contributed by atoms with E-state index in [-0.39, 0.29) is 6.61 Å². The van der Waals surface area contributed by atoms with Crippen LogP contribution in [0.25, 0.3) is 0 Å². The smallest absolute Gasteiger partial charge is 0.186 e. The normalized spacial score (nSPS) is 41.8. The van der Waals surface area contributed by atoms with Gasteiger partial charge in [-0.2, -0.15) is 0 Å². The van der Waals surface area contributed by atoms with Crippen LogP contribution in [-0.2, 0) is 18.9 Å². The minimum absolute atomic E-state index is 0.216. The van der Waals surface area contributed by atoms with Crippen molar-refractivity contribution in [3.63, 3.8) is 0 Å². The van der Waals surface area contributed by atoms with E-state index in [1.807, 2.05) is 0 Å². The Kier molecular flexibility index (Phi) is 4.91. The molecule has 0 radical (unpaired) electrons. The Hall–Kier alpha value is -0.240. The van der Waals surface area contributed by atoms with Gasteiger partial charge < -0.3 is 29.2 Å².